The summed E-state index contributed by atoms with van der Waals surface area (Å²) in [6, 6.07) is 13.1. The summed E-state index contributed by atoms with van der Waals surface area (Å²) in [7, 11) is 0. The number of hydrogen-bond acceptors (Lipinski definition) is 5. The average Bonchev–Trinajstić information content (AvgIpc) is 3.07. The molecule has 1 aliphatic rings. The molecule has 32 heavy (non-hydrogen) atoms. The standard InChI is InChI=1S/C22H18FN5O4/c1-13-9-18(29)20(26-28(13)17-8-3-2-7-16(17)23)21(31)25-15-6-4-5-14(10-15)12-27-19(30)11-24-22(27)32/h2-10H,11-12H2,1H3,(H,24,32)(H,25,31). The fourth-order valence-corrected chi connectivity index (χ4v) is 3.31. The van der Waals surface area contributed by atoms with Gasteiger partial charge in [-0.3, -0.25) is 19.3 Å². The lowest BCUT2D eigenvalue weighted by Gasteiger charge is -2.14. The van der Waals surface area contributed by atoms with Crippen molar-refractivity contribution >= 4 is 23.5 Å². The number of urea groups is 1. The number of nitrogens with one attached hydrogen (secondary N) is 2. The highest BCUT2D eigenvalue weighted by Gasteiger charge is 2.28. The monoisotopic (exact) mass is 435 g/mol. The van der Waals surface area contributed by atoms with Gasteiger partial charge in [0.1, 0.15) is 11.5 Å². The van der Waals surface area contributed by atoms with Crippen molar-refractivity contribution in [3.8, 4) is 5.69 Å². The highest BCUT2D eigenvalue weighted by molar-refractivity contribution is 6.03. The zero-order chi connectivity index (χ0) is 22.8. The summed E-state index contributed by atoms with van der Waals surface area (Å²) >= 11 is 0. The summed E-state index contributed by atoms with van der Waals surface area (Å²) in [5.74, 6) is -1.67. The molecule has 1 aromatic heterocycles. The Morgan fingerprint density at radius 3 is 2.62 bits per heavy atom. The van der Waals surface area contributed by atoms with E-state index < -0.39 is 28.9 Å². The van der Waals surface area contributed by atoms with Gasteiger partial charge in [-0.1, -0.05) is 24.3 Å². The van der Waals surface area contributed by atoms with Crippen molar-refractivity contribution < 1.29 is 18.8 Å². The molecule has 3 aromatic rings. The van der Waals surface area contributed by atoms with Gasteiger partial charge in [0.05, 0.1) is 13.1 Å². The Morgan fingerprint density at radius 1 is 1.12 bits per heavy atom. The maximum absolute atomic E-state index is 14.2. The van der Waals surface area contributed by atoms with E-state index in [1.807, 2.05) is 0 Å². The molecule has 4 rings (SSSR count). The summed E-state index contributed by atoms with van der Waals surface area (Å²) in [5.41, 5.74) is 0.413. The van der Waals surface area contributed by atoms with Crippen LogP contribution in [0.25, 0.3) is 5.69 Å². The Bertz CT molecular complexity index is 1290. The molecule has 10 heteroatoms. The largest absolute Gasteiger partial charge is 0.329 e. The minimum Gasteiger partial charge on any atom is -0.329 e. The SMILES string of the molecule is Cc1cc(=O)c(C(=O)Nc2cccc(CN3C(=O)CNC3=O)c2)nn1-c1ccccc1F. The number of amides is 4. The van der Waals surface area contributed by atoms with Crippen LogP contribution in [0.4, 0.5) is 14.9 Å². The molecule has 1 saturated heterocycles. The number of anilines is 1. The number of carbonyl (C=O) groups is 3. The van der Waals surface area contributed by atoms with Gasteiger partial charge >= 0.3 is 6.03 Å². The van der Waals surface area contributed by atoms with Crippen molar-refractivity contribution in [2.24, 2.45) is 0 Å². The number of halogens is 1. The van der Waals surface area contributed by atoms with E-state index in [0.29, 0.717) is 16.9 Å². The van der Waals surface area contributed by atoms with Crippen LogP contribution in [0.1, 0.15) is 21.7 Å². The lowest BCUT2D eigenvalue weighted by Crippen LogP contribution is -2.30. The van der Waals surface area contributed by atoms with E-state index in [4.69, 9.17) is 0 Å². The smallest absolute Gasteiger partial charge is 0.324 e. The molecular formula is C22H18FN5O4. The first-order valence-electron chi connectivity index (χ1n) is 9.68. The summed E-state index contributed by atoms with van der Waals surface area (Å²) in [5, 5.41) is 9.09. The molecule has 0 aliphatic carbocycles. The molecule has 2 aromatic carbocycles. The normalized spacial score (nSPS) is 13.2. The van der Waals surface area contributed by atoms with Crippen LogP contribution in [0.2, 0.25) is 0 Å². The van der Waals surface area contributed by atoms with Crippen molar-refractivity contribution in [3.05, 3.63) is 87.6 Å². The first kappa shape index (κ1) is 20.9. The fraction of sp³-hybridized carbons (Fsp3) is 0.136. The highest BCUT2D eigenvalue weighted by Crippen LogP contribution is 2.16. The van der Waals surface area contributed by atoms with Crippen LogP contribution in [0, 0.1) is 12.7 Å². The van der Waals surface area contributed by atoms with Crippen LogP contribution < -0.4 is 16.1 Å². The van der Waals surface area contributed by atoms with Gasteiger partial charge in [0.2, 0.25) is 11.3 Å². The number of benzene rings is 2. The van der Waals surface area contributed by atoms with Gasteiger partial charge in [-0.2, -0.15) is 5.10 Å². The van der Waals surface area contributed by atoms with Gasteiger partial charge in [0, 0.05) is 17.4 Å². The van der Waals surface area contributed by atoms with Crippen molar-refractivity contribution in [1.82, 2.24) is 20.0 Å². The highest BCUT2D eigenvalue weighted by atomic mass is 19.1. The quantitative estimate of drug-likeness (QED) is 0.595. The van der Waals surface area contributed by atoms with E-state index in [1.165, 1.54) is 28.9 Å². The lowest BCUT2D eigenvalue weighted by atomic mass is 10.2. The van der Waals surface area contributed by atoms with Crippen LogP contribution in [-0.4, -0.2) is 39.1 Å². The van der Waals surface area contributed by atoms with E-state index in [1.54, 1.807) is 37.3 Å². The van der Waals surface area contributed by atoms with Crippen LogP contribution >= 0.6 is 0 Å². The predicted molar refractivity (Wildman–Crippen MR) is 113 cm³/mol. The van der Waals surface area contributed by atoms with Crippen LogP contribution in [-0.2, 0) is 11.3 Å². The minimum atomic E-state index is -0.771. The average molecular weight is 435 g/mol. The molecule has 1 aliphatic heterocycles. The molecule has 0 atom stereocenters. The molecule has 0 unspecified atom stereocenters. The Morgan fingerprint density at radius 2 is 1.91 bits per heavy atom. The van der Waals surface area contributed by atoms with E-state index in [0.717, 1.165) is 4.90 Å². The third kappa shape index (κ3) is 4.10. The number of carbonyl (C=O) groups excluding carboxylic acids is 3. The Kier molecular flexibility index (Phi) is 5.50. The predicted octanol–water partition coefficient (Wildman–Crippen LogP) is 1.98. The summed E-state index contributed by atoms with van der Waals surface area (Å²) in [6.07, 6.45) is 0. The number of aryl methyl sites for hydroxylation is 1. The van der Waals surface area contributed by atoms with E-state index in [9.17, 15) is 23.6 Å². The van der Waals surface area contributed by atoms with Crippen LogP contribution in [0.15, 0.2) is 59.4 Å². The Hall–Kier alpha value is -4.34. The molecule has 162 valence electrons. The van der Waals surface area contributed by atoms with Crippen molar-refractivity contribution in [1.29, 1.82) is 0 Å². The third-order valence-corrected chi connectivity index (χ3v) is 4.87. The molecule has 1 fully saturated rings. The van der Waals surface area contributed by atoms with Gasteiger partial charge in [-0.25, -0.2) is 13.9 Å². The minimum absolute atomic E-state index is 0.0389. The molecule has 0 saturated carbocycles. The zero-order valence-electron chi connectivity index (χ0n) is 17.0. The summed E-state index contributed by atoms with van der Waals surface area (Å²) in [6.45, 7) is 1.57. The van der Waals surface area contributed by atoms with Gasteiger partial charge in [0.15, 0.2) is 5.69 Å². The third-order valence-electron chi connectivity index (χ3n) is 4.87. The molecule has 9 nitrogen and oxygen atoms in total. The zero-order valence-corrected chi connectivity index (χ0v) is 17.0. The van der Waals surface area contributed by atoms with Crippen molar-refractivity contribution in [3.63, 3.8) is 0 Å². The Balaban J connectivity index is 1.59. The maximum Gasteiger partial charge on any atom is 0.324 e. The van der Waals surface area contributed by atoms with Gasteiger partial charge < -0.3 is 10.6 Å². The first-order chi connectivity index (χ1) is 15.3. The number of para-hydroxylation sites is 1. The second-order valence-electron chi connectivity index (χ2n) is 7.15. The number of nitrogens with zero attached hydrogens (tertiary/aromatic N) is 3. The molecule has 0 bridgehead atoms. The molecule has 2 heterocycles. The van der Waals surface area contributed by atoms with Crippen LogP contribution in [0.5, 0.6) is 0 Å². The summed E-state index contributed by atoms with van der Waals surface area (Å²) < 4.78 is 15.4. The molecule has 4 amide bonds. The van der Waals surface area contributed by atoms with E-state index in [2.05, 4.69) is 15.7 Å². The molecular weight excluding hydrogens is 417 g/mol. The van der Waals surface area contributed by atoms with Crippen molar-refractivity contribution in [2.75, 3.05) is 11.9 Å². The van der Waals surface area contributed by atoms with Crippen LogP contribution in [0.3, 0.4) is 0 Å². The van der Waals surface area contributed by atoms with Gasteiger partial charge in [-0.15, -0.1) is 0 Å². The van der Waals surface area contributed by atoms with E-state index in [-0.39, 0.29) is 24.7 Å². The number of rotatable bonds is 5. The maximum atomic E-state index is 14.2. The number of aromatic nitrogens is 2. The number of hydrogen-bond donors (Lipinski definition) is 2. The second kappa shape index (κ2) is 8.42. The second-order valence-corrected chi connectivity index (χ2v) is 7.15. The van der Waals surface area contributed by atoms with Gasteiger partial charge in [-0.05, 0) is 36.8 Å². The number of imide groups is 1. The summed E-state index contributed by atoms with van der Waals surface area (Å²) in [4.78, 5) is 49.7. The van der Waals surface area contributed by atoms with Crippen molar-refractivity contribution in [2.45, 2.75) is 13.5 Å². The lowest BCUT2D eigenvalue weighted by molar-refractivity contribution is -0.125. The molecule has 0 spiro atoms. The topological polar surface area (TPSA) is 113 Å². The first-order valence-corrected chi connectivity index (χ1v) is 9.68. The fourth-order valence-electron chi connectivity index (χ4n) is 3.31. The molecule has 2 N–H and O–H groups in total. The van der Waals surface area contributed by atoms with E-state index >= 15 is 0 Å². The van der Waals surface area contributed by atoms with Gasteiger partial charge in [0.25, 0.3) is 5.91 Å². The Labute approximate surface area is 181 Å². The molecule has 0 radical (unpaired) electrons.